The van der Waals surface area contributed by atoms with Crippen molar-refractivity contribution in [1.29, 1.82) is 0 Å². The molecular formula is C22H18N2O4S. The van der Waals surface area contributed by atoms with Gasteiger partial charge < -0.3 is 14.5 Å². The number of aromatic nitrogens is 1. The van der Waals surface area contributed by atoms with Crippen LogP contribution in [0.1, 0.15) is 29.1 Å². The van der Waals surface area contributed by atoms with Gasteiger partial charge in [0.15, 0.2) is 6.61 Å². The normalized spacial score (nSPS) is 11.9. The summed E-state index contributed by atoms with van der Waals surface area (Å²) in [7, 11) is 0. The molecule has 0 aliphatic carbocycles. The zero-order valence-electron chi connectivity index (χ0n) is 15.6. The van der Waals surface area contributed by atoms with Gasteiger partial charge in [0.2, 0.25) is 0 Å². The van der Waals surface area contributed by atoms with E-state index in [-0.39, 0.29) is 12.6 Å². The molecule has 0 saturated carbocycles. The fourth-order valence-electron chi connectivity index (χ4n) is 3.00. The number of carbonyl (C=O) groups excluding carboxylic acids is 2. The first-order chi connectivity index (χ1) is 14.1. The summed E-state index contributed by atoms with van der Waals surface area (Å²) in [6, 6.07) is 16.2. The number of nitrogens with one attached hydrogen (secondary N) is 1. The topological polar surface area (TPSA) is 81.4 Å². The van der Waals surface area contributed by atoms with Crippen molar-refractivity contribution in [3.05, 3.63) is 77.6 Å². The highest BCUT2D eigenvalue weighted by Gasteiger charge is 2.18. The molecule has 3 heterocycles. The number of furan rings is 1. The summed E-state index contributed by atoms with van der Waals surface area (Å²) in [6.45, 7) is 1.41. The highest BCUT2D eigenvalue weighted by molar-refractivity contribution is 7.13. The lowest BCUT2D eigenvalue weighted by Gasteiger charge is -2.12. The molecule has 0 aliphatic rings. The molecule has 6 nitrogen and oxygen atoms in total. The number of benzene rings is 1. The summed E-state index contributed by atoms with van der Waals surface area (Å²) in [5.41, 5.74) is 1.77. The van der Waals surface area contributed by atoms with E-state index in [1.807, 2.05) is 41.8 Å². The van der Waals surface area contributed by atoms with Gasteiger partial charge in [-0.05, 0) is 42.6 Å². The Bertz CT molecular complexity index is 1140. The fraction of sp³-hybridized carbons (Fsp3) is 0.136. The highest BCUT2D eigenvalue weighted by Crippen LogP contribution is 2.28. The molecule has 0 spiro atoms. The lowest BCUT2D eigenvalue weighted by molar-refractivity contribution is -0.125. The molecule has 1 N–H and O–H groups in total. The largest absolute Gasteiger partial charge is 0.467 e. The second-order valence-corrected chi connectivity index (χ2v) is 7.38. The van der Waals surface area contributed by atoms with Gasteiger partial charge in [0.25, 0.3) is 5.91 Å². The number of fused-ring (bicyclic) bond motifs is 1. The molecule has 7 heteroatoms. The van der Waals surface area contributed by atoms with Gasteiger partial charge in [0.1, 0.15) is 5.76 Å². The van der Waals surface area contributed by atoms with Crippen molar-refractivity contribution in [1.82, 2.24) is 10.3 Å². The first-order valence-electron chi connectivity index (χ1n) is 9.05. The Kier molecular flexibility index (Phi) is 5.39. The molecule has 1 amide bonds. The van der Waals surface area contributed by atoms with Crippen LogP contribution >= 0.6 is 11.3 Å². The van der Waals surface area contributed by atoms with Gasteiger partial charge in [-0.3, -0.25) is 4.79 Å². The predicted octanol–water partition coefficient (Wildman–Crippen LogP) is 4.59. The van der Waals surface area contributed by atoms with Crippen molar-refractivity contribution in [2.24, 2.45) is 0 Å². The lowest BCUT2D eigenvalue weighted by Crippen LogP contribution is -2.31. The van der Waals surface area contributed by atoms with Crippen molar-refractivity contribution in [3.8, 4) is 10.6 Å². The third kappa shape index (κ3) is 4.20. The molecule has 146 valence electrons. The molecule has 0 unspecified atom stereocenters. The van der Waals surface area contributed by atoms with Crippen molar-refractivity contribution in [2.45, 2.75) is 13.0 Å². The zero-order valence-corrected chi connectivity index (χ0v) is 16.4. The first kappa shape index (κ1) is 18.9. The van der Waals surface area contributed by atoms with Crippen LogP contribution in [0.5, 0.6) is 0 Å². The number of carbonyl (C=O) groups is 2. The molecule has 0 radical (unpaired) electrons. The first-order valence-corrected chi connectivity index (χ1v) is 9.93. The number of nitrogens with zero attached hydrogens (tertiary/aromatic N) is 1. The van der Waals surface area contributed by atoms with Crippen LogP contribution in [0, 0.1) is 0 Å². The van der Waals surface area contributed by atoms with E-state index in [1.54, 1.807) is 36.5 Å². The van der Waals surface area contributed by atoms with Crippen LogP contribution in [-0.2, 0) is 9.53 Å². The van der Waals surface area contributed by atoms with Crippen LogP contribution in [0.15, 0.2) is 70.7 Å². The number of pyridine rings is 1. The minimum absolute atomic E-state index is 0.316. The van der Waals surface area contributed by atoms with Crippen molar-refractivity contribution < 1.29 is 18.7 Å². The smallest absolute Gasteiger partial charge is 0.339 e. The van der Waals surface area contributed by atoms with E-state index in [0.29, 0.717) is 27.9 Å². The second-order valence-electron chi connectivity index (χ2n) is 6.43. The minimum Gasteiger partial charge on any atom is -0.467 e. The van der Waals surface area contributed by atoms with Gasteiger partial charge >= 0.3 is 5.97 Å². The van der Waals surface area contributed by atoms with Gasteiger partial charge in [-0.15, -0.1) is 11.3 Å². The van der Waals surface area contributed by atoms with Crippen LogP contribution in [0.2, 0.25) is 0 Å². The molecule has 0 bridgehead atoms. The number of rotatable bonds is 6. The van der Waals surface area contributed by atoms with E-state index in [4.69, 9.17) is 9.15 Å². The Morgan fingerprint density at radius 3 is 2.79 bits per heavy atom. The Morgan fingerprint density at radius 1 is 1.17 bits per heavy atom. The maximum absolute atomic E-state index is 12.8. The van der Waals surface area contributed by atoms with Crippen molar-refractivity contribution in [2.75, 3.05) is 6.61 Å². The van der Waals surface area contributed by atoms with Crippen molar-refractivity contribution in [3.63, 3.8) is 0 Å². The molecule has 1 atom stereocenters. The second kappa shape index (κ2) is 8.28. The third-order valence-electron chi connectivity index (χ3n) is 4.39. The summed E-state index contributed by atoms with van der Waals surface area (Å²) >= 11 is 1.54. The molecule has 0 saturated heterocycles. The molecular weight excluding hydrogens is 388 g/mol. The number of hydrogen-bond donors (Lipinski definition) is 1. The summed E-state index contributed by atoms with van der Waals surface area (Å²) in [5.74, 6) is -0.341. The van der Waals surface area contributed by atoms with E-state index >= 15 is 0 Å². The Labute approximate surface area is 171 Å². The zero-order chi connectivity index (χ0) is 20.2. The molecule has 0 aliphatic heterocycles. The third-order valence-corrected chi connectivity index (χ3v) is 5.28. The van der Waals surface area contributed by atoms with Crippen molar-refractivity contribution >= 4 is 34.1 Å². The summed E-state index contributed by atoms with van der Waals surface area (Å²) in [6.07, 6.45) is 1.54. The molecule has 4 rings (SSSR count). The molecule has 1 aromatic carbocycles. The lowest BCUT2D eigenvalue weighted by atomic mass is 10.1. The Balaban J connectivity index is 1.51. The molecule has 29 heavy (non-hydrogen) atoms. The molecule has 0 fully saturated rings. The van der Waals surface area contributed by atoms with E-state index in [2.05, 4.69) is 10.3 Å². The fourth-order valence-corrected chi connectivity index (χ4v) is 3.68. The van der Waals surface area contributed by atoms with Crippen LogP contribution in [0.25, 0.3) is 21.5 Å². The van der Waals surface area contributed by atoms with Crippen LogP contribution in [-0.4, -0.2) is 23.5 Å². The average Bonchev–Trinajstić information content (AvgIpc) is 3.45. The average molecular weight is 406 g/mol. The quantitative estimate of drug-likeness (QED) is 0.474. The standard InChI is InChI=1S/C22H18N2O4S/c1-14(19-8-4-10-27-19)23-21(25)13-28-22(26)16-12-18(20-9-5-11-29-20)24-17-7-3-2-6-15(16)17/h2-12,14H,13H2,1H3,(H,23,25)/t14-/m0/s1. The number of hydrogen-bond acceptors (Lipinski definition) is 6. The van der Waals surface area contributed by atoms with E-state index in [0.717, 1.165) is 4.88 Å². The Morgan fingerprint density at radius 2 is 2.03 bits per heavy atom. The number of amides is 1. The number of para-hydroxylation sites is 1. The van der Waals surface area contributed by atoms with Crippen LogP contribution < -0.4 is 5.32 Å². The minimum atomic E-state index is -0.567. The maximum atomic E-state index is 12.8. The van der Waals surface area contributed by atoms with Gasteiger partial charge in [-0.25, -0.2) is 9.78 Å². The number of thiophene rings is 1. The van der Waals surface area contributed by atoms with Crippen LogP contribution in [0.3, 0.4) is 0 Å². The summed E-state index contributed by atoms with van der Waals surface area (Å²) in [5, 5.41) is 5.38. The van der Waals surface area contributed by atoms with E-state index in [1.165, 1.54) is 6.26 Å². The van der Waals surface area contributed by atoms with E-state index in [9.17, 15) is 9.59 Å². The van der Waals surface area contributed by atoms with Gasteiger partial charge in [-0.2, -0.15) is 0 Å². The number of ether oxygens (including phenoxy) is 1. The van der Waals surface area contributed by atoms with Gasteiger partial charge in [0.05, 0.1) is 34.0 Å². The summed E-state index contributed by atoms with van der Waals surface area (Å²) < 4.78 is 10.5. The predicted molar refractivity (Wildman–Crippen MR) is 111 cm³/mol. The molecule has 4 aromatic rings. The van der Waals surface area contributed by atoms with Crippen LogP contribution in [0.4, 0.5) is 0 Å². The number of esters is 1. The highest BCUT2D eigenvalue weighted by atomic mass is 32.1. The SMILES string of the molecule is C[C@H](NC(=O)COC(=O)c1cc(-c2cccs2)nc2ccccc12)c1ccco1. The van der Waals surface area contributed by atoms with Gasteiger partial charge in [-0.1, -0.05) is 24.3 Å². The van der Waals surface area contributed by atoms with E-state index < -0.39 is 11.9 Å². The van der Waals surface area contributed by atoms with Gasteiger partial charge in [0, 0.05) is 5.39 Å². The maximum Gasteiger partial charge on any atom is 0.339 e. The Hall–Kier alpha value is -3.45. The summed E-state index contributed by atoms with van der Waals surface area (Å²) in [4.78, 5) is 30.5. The monoisotopic (exact) mass is 406 g/mol. The molecule has 3 aromatic heterocycles.